The molecule has 2 rings (SSSR count). The first-order chi connectivity index (χ1) is 9.79. The quantitative estimate of drug-likeness (QED) is 0.578. The monoisotopic (exact) mass is 266 g/mol. The molecule has 0 atom stereocenters. The van der Waals surface area contributed by atoms with E-state index < -0.39 is 0 Å². The molecule has 0 aliphatic heterocycles. The van der Waals surface area contributed by atoms with Crippen LogP contribution in [-0.2, 0) is 0 Å². The number of carbonyl (C=O) groups excluding carboxylic acids is 1. The molecular weight excluding hydrogens is 248 g/mol. The largest absolute Gasteiger partial charge is 0.423 e. The third-order valence-electron chi connectivity index (χ3n) is 2.87. The smallest absolute Gasteiger partial charge is 0.343 e. The second-order valence-corrected chi connectivity index (χ2v) is 4.52. The minimum atomic E-state index is -0.333. The van der Waals surface area contributed by atoms with Crippen molar-refractivity contribution in [1.82, 2.24) is 0 Å². The van der Waals surface area contributed by atoms with Gasteiger partial charge in [-0.3, -0.25) is 0 Å². The molecule has 0 radical (unpaired) electrons. The lowest BCUT2D eigenvalue weighted by Gasteiger charge is -2.04. The van der Waals surface area contributed by atoms with Crippen molar-refractivity contribution in [3.63, 3.8) is 0 Å². The van der Waals surface area contributed by atoms with E-state index in [9.17, 15) is 4.79 Å². The van der Waals surface area contributed by atoms with E-state index in [0.29, 0.717) is 11.3 Å². The summed E-state index contributed by atoms with van der Waals surface area (Å²) in [6.45, 7) is 2.15. The van der Waals surface area contributed by atoms with Gasteiger partial charge < -0.3 is 4.74 Å². The van der Waals surface area contributed by atoms with Crippen LogP contribution >= 0.6 is 0 Å². The molecule has 0 spiro atoms. The van der Waals surface area contributed by atoms with Gasteiger partial charge >= 0.3 is 5.97 Å². The molecule has 0 unspecified atom stereocenters. The van der Waals surface area contributed by atoms with Crippen LogP contribution in [-0.4, -0.2) is 5.97 Å². The lowest BCUT2D eigenvalue weighted by molar-refractivity contribution is 0.0735. The van der Waals surface area contributed by atoms with Gasteiger partial charge in [0.1, 0.15) is 5.75 Å². The van der Waals surface area contributed by atoms with Crippen molar-refractivity contribution >= 4 is 12.0 Å². The predicted molar refractivity (Wildman–Crippen MR) is 81.8 cm³/mol. The summed E-state index contributed by atoms with van der Waals surface area (Å²) in [5.74, 6) is 0.227. The van der Waals surface area contributed by atoms with Crippen LogP contribution < -0.4 is 4.74 Å². The molecule has 0 fully saturated rings. The van der Waals surface area contributed by atoms with E-state index in [1.165, 1.54) is 0 Å². The van der Waals surface area contributed by atoms with Crippen molar-refractivity contribution in [3.05, 3.63) is 71.8 Å². The van der Waals surface area contributed by atoms with E-state index in [4.69, 9.17) is 4.74 Å². The highest BCUT2D eigenvalue weighted by Crippen LogP contribution is 2.13. The maximum atomic E-state index is 11.9. The SMILES string of the molecule is CCC/C=C/c1ccc(C(=O)Oc2ccccc2)cc1. The Labute approximate surface area is 119 Å². The van der Waals surface area contributed by atoms with E-state index in [0.717, 1.165) is 18.4 Å². The molecule has 20 heavy (non-hydrogen) atoms. The van der Waals surface area contributed by atoms with E-state index in [1.807, 2.05) is 30.3 Å². The molecule has 2 nitrogen and oxygen atoms in total. The van der Waals surface area contributed by atoms with Gasteiger partial charge in [-0.25, -0.2) is 4.79 Å². The fraction of sp³-hybridized carbons (Fsp3) is 0.167. The number of hydrogen-bond acceptors (Lipinski definition) is 2. The van der Waals surface area contributed by atoms with Crippen LogP contribution in [0.5, 0.6) is 5.75 Å². The van der Waals surface area contributed by atoms with Gasteiger partial charge in [0.25, 0.3) is 0 Å². The highest BCUT2D eigenvalue weighted by molar-refractivity contribution is 5.91. The topological polar surface area (TPSA) is 26.3 Å². The zero-order chi connectivity index (χ0) is 14.2. The van der Waals surface area contributed by atoms with Crippen molar-refractivity contribution in [1.29, 1.82) is 0 Å². The average molecular weight is 266 g/mol. The Balaban J connectivity index is 2.00. The van der Waals surface area contributed by atoms with Crippen molar-refractivity contribution in [2.24, 2.45) is 0 Å². The van der Waals surface area contributed by atoms with Crippen LogP contribution in [0, 0.1) is 0 Å². The van der Waals surface area contributed by atoms with Gasteiger partial charge in [0, 0.05) is 0 Å². The molecule has 0 heterocycles. The number of ether oxygens (including phenoxy) is 1. The summed E-state index contributed by atoms with van der Waals surface area (Å²) in [6.07, 6.45) is 6.41. The fourth-order valence-corrected chi connectivity index (χ4v) is 1.77. The molecule has 0 bridgehead atoms. The number of rotatable bonds is 5. The molecule has 2 aromatic rings. The summed E-state index contributed by atoms with van der Waals surface area (Å²) in [6, 6.07) is 16.5. The number of benzene rings is 2. The van der Waals surface area contributed by atoms with Crippen LogP contribution in [0.25, 0.3) is 6.08 Å². The minimum Gasteiger partial charge on any atom is -0.423 e. The van der Waals surface area contributed by atoms with Gasteiger partial charge in [0.2, 0.25) is 0 Å². The summed E-state index contributed by atoms with van der Waals surface area (Å²) in [4.78, 5) is 11.9. The number of hydrogen-bond donors (Lipinski definition) is 0. The van der Waals surface area contributed by atoms with Gasteiger partial charge in [-0.05, 0) is 36.2 Å². The fourth-order valence-electron chi connectivity index (χ4n) is 1.77. The van der Waals surface area contributed by atoms with Crippen LogP contribution in [0.4, 0.5) is 0 Å². The summed E-state index contributed by atoms with van der Waals surface area (Å²) < 4.78 is 5.28. The molecule has 2 heteroatoms. The second-order valence-electron chi connectivity index (χ2n) is 4.52. The van der Waals surface area contributed by atoms with Gasteiger partial charge in [-0.1, -0.05) is 55.8 Å². The summed E-state index contributed by atoms with van der Waals surface area (Å²) >= 11 is 0. The molecule has 2 aromatic carbocycles. The lowest BCUT2D eigenvalue weighted by atomic mass is 10.1. The molecule has 0 aliphatic carbocycles. The van der Waals surface area contributed by atoms with Gasteiger partial charge in [0.15, 0.2) is 0 Å². The van der Waals surface area contributed by atoms with E-state index in [1.54, 1.807) is 24.3 Å². The normalized spacial score (nSPS) is 10.7. The Morgan fingerprint density at radius 1 is 1.05 bits per heavy atom. The summed E-state index contributed by atoms with van der Waals surface area (Å²) in [5, 5.41) is 0. The maximum absolute atomic E-state index is 11.9. The molecule has 0 aromatic heterocycles. The number of allylic oxidation sites excluding steroid dienone is 1. The van der Waals surface area contributed by atoms with Crippen LogP contribution in [0.3, 0.4) is 0 Å². The molecule has 102 valence electrons. The standard InChI is InChI=1S/C18H18O2/c1-2-3-5-8-15-11-13-16(14-12-15)18(19)20-17-9-6-4-7-10-17/h4-14H,2-3H2,1H3/b8-5+. The third-order valence-corrected chi connectivity index (χ3v) is 2.87. The van der Waals surface area contributed by atoms with Crippen LogP contribution in [0.2, 0.25) is 0 Å². The zero-order valence-corrected chi connectivity index (χ0v) is 11.6. The van der Waals surface area contributed by atoms with Crippen LogP contribution in [0.15, 0.2) is 60.7 Å². The first-order valence-corrected chi connectivity index (χ1v) is 6.83. The first-order valence-electron chi connectivity index (χ1n) is 6.83. The molecule has 0 saturated heterocycles. The predicted octanol–water partition coefficient (Wildman–Crippen LogP) is 4.72. The summed E-state index contributed by atoms with van der Waals surface area (Å²) in [7, 11) is 0. The second kappa shape index (κ2) is 7.29. The Hall–Kier alpha value is -2.35. The van der Waals surface area contributed by atoms with Crippen molar-refractivity contribution < 1.29 is 9.53 Å². The zero-order valence-electron chi connectivity index (χ0n) is 11.6. The highest BCUT2D eigenvalue weighted by atomic mass is 16.5. The van der Waals surface area contributed by atoms with Crippen molar-refractivity contribution in [3.8, 4) is 5.75 Å². The Morgan fingerprint density at radius 2 is 1.75 bits per heavy atom. The van der Waals surface area contributed by atoms with Gasteiger partial charge in [-0.2, -0.15) is 0 Å². The number of para-hydroxylation sites is 1. The van der Waals surface area contributed by atoms with Crippen LogP contribution in [0.1, 0.15) is 35.7 Å². The molecule has 0 saturated carbocycles. The average Bonchev–Trinajstić information content (AvgIpc) is 2.49. The molecule has 0 amide bonds. The van der Waals surface area contributed by atoms with E-state index >= 15 is 0 Å². The minimum absolute atomic E-state index is 0.333. The number of esters is 1. The van der Waals surface area contributed by atoms with E-state index in [-0.39, 0.29) is 5.97 Å². The number of unbranched alkanes of at least 4 members (excludes halogenated alkanes) is 1. The van der Waals surface area contributed by atoms with Gasteiger partial charge in [-0.15, -0.1) is 0 Å². The Kier molecular flexibility index (Phi) is 5.13. The first kappa shape index (κ1) is 14.1. The highest BCUT2D eigenvalue weighted by Gasteiger charge is 2.07. The molecule has 0 aliphatic rings. The van der Waals surface area contributed by atoms with Gasteiger partial charge in [0.05, 0.1) is 5.56 Å². The third kappa shape index (κ3) is 4.09. The maximum Gasteiger partial charge on any atom is 0.343 e. The summed E-state index contributed by atoms with van der Waals surface area (Å²) in [5.41, 5.74) is 1.65. The van der Waals surface area contributed by atoms with Crippen molar-refractivity contribution in [2.75, 3.05) is 0 Å². The Morgan fingerprint density at radius 3 is 2.40 bits per heavy atom. The Bertz CT molecular complexity index is 568. The molecule has 0 N–H and O–H groups in total. The lowest BCUT2D eigenvalue weighted by Crippen LogP contribution is -2.08. The van der Waals surface area contributed by atoms with Crippen molar-refractivity contribution in [2.45, 2.75) is 19.8 Å². The van der Waals surface area contributed by atoms with E-state index in [2.05, 4.69) is 19.1 Å². The molecular formula is C18H18O2. The number of carbonyl (C=O) groups is 1.